The van der Waals surface area contributed by atoms with E-state index in [-0.39, 0.29) is 11.8 Å². The Hall–Kier alpha value is -2.30. The number of hydrogen-bond acceptors (Lipinski definition) is 3. The highest BCUT2D eigenvalue weighted by molar-refractivity contribution is 5.91. The van der Waals surface area contributed by atoms with E-state index < -0.39 is 17.3 Å². The molecule has 1 aromatic rings. The quantitative estimate of drug-likeness (QED) is 0.920. The highest BCUT2D eigenvalue weighted by atomic mass is 16.4. The molecule has 0 unspecified atom stereocenters. The van der Waals surface area contributed by atoms with Crippen molar-refractivity contribution in [3.8, 4) is 0 Å². The summed E-state index contributed by atoms with van der Waals surface area (Å²) in [7, 11) is 0. The molecule has 2 fully saturated rings. The van der Waals surface area contributed by atoms with Crippen LogP contribution in [0.2, 0.25) is 0 Å². The number of piperazine rings is 1. The van der Waals surface area contributed by atoms with Crippen molar-refractivity contribution in [3.05, 3.63) is 42.1 Å². The van der Waals surface area contributed by atoms with Gasteiger partial charge in [-0.3, -0.25) is 9.59 Å². The van der Waals surface area contributed by atoms with Gasteiger partial charge in [-0.15, -0.1) is 0 Å². The predicted molar refractivity (Wildman–Crippen MR) is 92.0 cm³/mol. The largest absolute Gasteiger partial charge is 0.481 e. The second kappa shape index (κ2) is 6.30. The van der Waals surface area contributed by atoms with E-state index in [4.69, 9.17) is 0 Å². The molecule has 128 valence electrons. The van der Waals surface area contributed by atoms with Gasteiger partial charge in [-0.25, -0.2) is 0 Å². The third-order valence-electron chi connectivity index (χ3n) is 5.26. The molecular formula is C19H24N2O3. The lowest BCUT2D eigenvalue weighted by Crippen LogP contribution is -2.47. The van der Waals surface area contributed by atoms with E-state index >= 15 is 0 Å². The van der Waals surface area contributed by atoms with Gasteiger partial charge in [0.2, 0.25) is 5.91 Å². The average Bonchev–Trinajstić information content (AvgIpc) is 3.16. The highest BCUT2D eigenvalue weighted by Gasteiger charge is 2.66. The van der Waals surface area contributed by atoms with Crippen LogP contribution in [-0.2, 0) is 9.59 Å². The summed E-state index contributed by atoms with van der Waals surface area (Å²) >= 11 is 0. The van der Waals surface area contributed by atoms with Crippen LogP contribution in [0.15, 0.2) is 36.5 Å². The second-order valence-corrected chi connectivity index (χ2v) is 7.20. The van der Waals surface area contributed by atoms with Crippen molar-refractivity contribution < 1.29 is 14.7 Å². The van der Waals surface area contributed by atoms with Crippen LogP contribution in [0.3, 0.4) is 0 Å². The van der Waals surface area contributed by atoms with Crippen molar-refractivity contribution in [1.29, 1.82) is 0 Å². The molecule has 5 heteroatoms. The molecule has 0 bridgehead atoms. The van der Waals surface area contributed by atoms with Crippen LogP contribution >= 0.6 is 0 Å². The summed E-state index contributed by atoms with van der Waals surface area (Å²) in [5, 5.41) is 9.24. The van der Waals surface area contributed by atoms with Crippen LogP contribution in [0.1, 0.15) is 19.4 Å². The van der Waals surface area contributed by atoms with Crippen LogP contribution in [0, 0.1) is 17.3 Å². The smallest absolute Gasteiger partial charge is 0.307 e. The lowest BCUT2D eigenvalue weighted by molar-refractivity contribution is -0.142. The van der Waals surface area contributed by atoms with E-state index in [1.165, 1.54) is 0 Å². The molecule has 1 aliphatic carbocycles. The van der Waals surface area contributed by atoms with Gasteiger partial charge in [0.1, 0.15) is 0 Å². The lowest BCUT2D eigenvalue weighted by Gasteiger charge is -2.34. The van der Waals surface area contributed by atoms with Crippen molar-refractivity contribution in [2.24, 2.45) is 17.3 Å². The van der Waals surface area contributed by atoms with Crippen molar-refractivity contribution in [1.82, 2.24) is 9.80 Å². The Morgan fingerprint density at radius 3 is 2.25 bits per heavy atom. The molecule has 5 nitrogen and oxygen atoms in total. The Balaban J connectivity index is 1.53. The van der Waals surface area contributed by atoms with Crippen LogP contribution in [0.5, 0.6) is 0 Å². The number of carboxylic acids is 1. The van der Waals surface area contributed by atoms with Crippen molar-refractivity contribution in [2.75, 3.05) is 26.2 Å². The number of nitrogens with zero attached hydrogens (tertiary/aromatic N) is 2. The minimum absolute atomic E-state index is 0.000844. The zero-order chi connectivity index (χ0) is 17.3. The summed E-state index contributed by atoms with van der Waals surface area (Å²) in [5.74, 6) is -1.77. The third kappa shape index (κ3) is 3.16. The second-order valence-electron chi connectivity index (χ2n) is 7.20. The highest BCUT2D eigenvalue weighted by Crippen LogP contribution is 2.59. The number of carboxylic acid groups (broad SMARTS) is 1. The van der Waals surface area contributed by atoms with Gasteiger partial charge < -0.3 is 14.9 Å². The maximum atomic E-state index is 12.6. The van der Waals surface area contributed by atoms with E-state index in [1.54, 1.807) is 0 Å². The fourth-order valence-electron chi connectivity index (χ4n) is 3.60. The van der Waals surface area contributed by atoms with Gasteiger partial charge in [0.15, 0.2) is 0 Å². The standard InChI is InChI=1S/C19H24N2O3/c1-19(2)15(16(19)18(23)24)17(22)21-12-10-20(11-13-21)9-8-14-6-4-3-5-7-14/h3-9,15-16H,10-13H2,1-2H3,(H,23,24)/b9-8+/t15-,16+/m0/s1. The minimum Gasteiger partial charge on any atom is -0.481 e. The molecule has 1 aliphatic heterocycles. The first-order chi connectivity index (χ1) is 11.4. The van der Waals surface area contributed by atoms with Crippen molar-refractivity contribution >= 4 is 18.0 Å². The van der Waals surface area contributed by atoms with Gasteiger partial charge in [-0.1, -0.05) is 44.2 Å². The first-order valence-corrected chi connectivity index (χ1v) is 8.40. The number of carbonyl (C=O) groups excluding carboxylic acids is 1. The molecule has 1 amide bonds. The maximum absolute atomic E-state index is 12.6. The molecule has 2 aliphatic rings. The topological polar surface area (TPSA) is 60.9 Å². The fourth-order valence-corrected chi connectivity index (χ4v) is 3.60. The molecule has 1 aromatic carbocycles. The normalized spacial score (nSPS) is 25.8. The first-order valence-electron chi connectivity index (χ1n) is 8.40. The van der Waals surface area contributed by atoms with Crippen molar-refractivity contribution in [2.45, 2.75) is 13.8 Å². The summed E-state index contributed by atoms with van der Waals surface area (Å²) in [4.78, 5) is 27.9. The molecule has 1 saturated carbocycles. The Kier molecular flexibility index (Phi) is 4.35. The molecule has 1 saturated heterocycles. The summed E-state index contributed by atoms with van der Waals surface area (Å²) in [6, 6.07) is 10.1. The van der Waals surface area contributed by atoms with E-state index in [0.29, 0.717) is 13.1 Å². The first kappa shape index (κ1) is 16.6. The van der Waals surface area contributed by atoms with Gasteiger partial charge in [0, 0.05) is 26.2 Å². The van der Waals surface area contributed by atoms with Gasteiger partial charge >= 0.3 is 5.97 Å². The number of benzene rings is 1. The van der Waals surface area contributed by atoms with Gasteiger partial charge in [-0.2, -0.15) is 0 Å². The van der Waals surface area contributed by atoms with Crippen LogP contribution < -0.4 is 0 Å². The number of rotatable bonds is 4. The summed E-state index contributed by atoms with van der Waals surface area (Å²) in [5.41, 5.74) is 0.729. The zero-order valence-electron chi connectivity index (χ0n) is 14.2. The zero-order valence-corrected chi connectivity index (χ0v) is 14.2. The molecule has 1 N–H and O–H groups in total. The fraction of sp³-hybridized carbons (Fsp3) is 0.474. The maximum Gasteiger partial charge on any atom is 0.307 e. The molecule has 3 rings (SSSR count). The molecule has 24 heavy (non-hydrogen) atoms. The number of aliphatic carboxylic acids is 1. The number of hydrogen-bond donors (Lipinski definition) is 1. The lowest BCUT2D eigenvalue weighted by atomic mass is 10.1. The molecule has 0 radical (unpaired) electrons. The Bertz CT molecular complexity index is 646. The third-order valence-corrected chi connectivity index (χ3v) is 5.26. The molecule has 2 atom stereocenters. The number of carbonyl (C=O) groups is 2. The molecule has 0 aromatic heterocycles. The van der Waals surface area contributed by atoms with Gasteiger partial charge in [-0.05, 0) is 23.3 Å². The van der Waals surface area contributed by atoms with E-state index in [9.17, 15) is 14.7 Å². The summed E-state index contributed by atoms with van der Waals surface area (Å²) in [6.07, 6.45) is 4.14. The van der Waals surface area contributed by atoms with Crippen LogP contribution in [0.4, 0.5) is 0 Å². The minimum atomic E-state index is -0.859. The predicted octanol–water partition coefficient (Wildman–Crippen LogP) is 2.16. The van der Waals surface area contributed by atoms with E-state index in [0.717, 1.165) is 18.7 Å². The van der Waals surface area contributed by atoms with Gasteiger partial charge in [0.25, 0.3) is 0 Å². The summed E-state index contributed by atoms with van der Waals surface area (Å²) in [6.45, 7) is 6.59. The van der Waals surface area contributed by atoms with E-state index in [2.05, 4.69) is 29.3 Å². The van der Waals surface area contributed by atoms with Crippen LogP contribution in [0.25, 0.3) is 6.08 Å². The molecule has 0 spiro atoms. The van der Waals surface area contributed by atoms with Gasteiger partial charge in [0.05, 0.1) is 11.8 Å². The Morgan fingerprint density at radius 1 is 1.08 bits per heavy atom. The molecular weight excluding hydrogens is 304 g/mol. The average molecular weight is 328 g/mol. The van der Waals surface area contributed by atoms with E-state index in [1.807, 2.05) is 36.9 Å². The monoisotopic (exact) mass is 328 g/mol. The SMILES string of the molecule is CC1(C)[C@H](C(=O)N2CCN(/C=C/c3ccccc3)CC2)[C@@H]1C(=O)O. The number of amides is 1. The summed E-state index contributed by atoms with van der Waals surface area (Å²) < 4.78 is 0. The Morgan fingerprint density at radius 2 is 1.71 bits per heavy atom. The van der Waals surface area contributed by atoms with Crippen molar-refractivity contribution in [3.63, 3.8) is 0 Å². The molecule has 1 heterocycles. The van der Waals surface area contributed by atoms with Crippen LogP contribution in [-0.4, -0.2) is 53.0 Å². The Labute approximate surface area is 142 Å².